The van der Waals surface area contributed by atoms with E-state index in [1.165, 1.54) is 0 Å². The molecule has 1 amide bonds. The molecule has 0 spiro atoms. The summed E-state index contributed by atoms with van der Waals surface area (Å²) in [7, 11) is 0. The zero-order valence-corrected chi connectivity index (χ0v) is 21.5. The zero-order chi connectivity index (χ0) is 24.6. The Labute approximate surface area is 199 Å². The van der Waals surface area contributed by atoms with Crippen LogP contribution >= 0.6 is 0 Å². The highest BCUT2D eigenvalue weighted by molar-refractivity contribution is 5.94. The SMILES string of the molecule is CCCCCC(C)N(CCn1c(CC)nc(C)cc1=O)C(=O)c1ccc(OC(C)(C)C)cc1. The molecule has 1 heterocycles. The summed E-state index contributed by atoms with van der Waals surface area (Å²) >= 11 is 0. The average Bonchev–Trinajstić information content (AvgIpc) is 2.74. The molecule has 2 rings (SSSR count). The molecular weight excluding hydrogens is 414 g/mol. The van der Waals surface area contributed by atoms with Crippen LogP contribution in [0, 0.1) is 6.92 Å². The number of nitrogens with zero attached hydrogens (tertiary/aromatic N) is 3. The first-order chi connectivity index (χ1) is 15.6. The van der Waals surface area contributed by atoms with Gasteiger partial charge in [0, 0.05) is 42.9 Å². The predicted molar refractivity (Wildman–Crippen MR) is 134 cm³/mol. The average molecular weight is 456 g/mol. The van der Waals surface area contributed by atoms with Crippen molar-refractivity contribution < 1.29 is 9.53 Å². The lowest BCUT2D eigenvalue weighted by atomic mass is 10.1. The Balaban J connectivity index is 2.25. The van der Waals surface area contributed by atoms with E-state index in [-0.39, 0.29) is 23.1 Å². The van der Waals surface area contributed by atoms with Crippen molar-refractivity contribution in [2.75, 3.05) is 6.54 Å². The first-order valence-electron chi connectivity index (χ1n) is 12.2. The van der Waals surface area contributed by atoms with E-state index in [2.05, 4.69) is 18.8 Å². The second-order valence-corrected chi connectivity index (χ2v) is 9.74. The van der Waals surface area contributed by atoms with Gasteiger partial charge >= 0.3 is 0 Å². The maximum absolute atomic E-state index is 13.5. The van der Waals surface area contributed by atoms with Gasteiger partial charge in [0.2, 0.25) is 0 Å². The minimum Gasteiger partial charge on any atom is -0.488 e. The van der Waals surface area contributed by atoms with Gasteiger partial charge in [0.25, 0.3) is 11.5 Å². The topological polar surface area (TPSA) is 64.4 Å². The Morgan fingerprint density at radius 1 is 1.15 bits per heavy atom. The Morgan fingerprint density at radius 3 is 2.39 bits per heavy atom. The van der Waals surface area contributed by atoms with E-state index >= 15 is 0 Å². The van der Waals surface area contributed by atoms with Gasteiger partial charge in [-0.15, -0.1) is 0 Å². The van der Waals surface area contributed by atoms with E-state index in [1.54, 1.807) is 10.6 Å². The molecule has 0 radical (unpaired) electrons. The minimum absolute atomic E-state index is 0.0209. The molecule has 0 fully saturated rings. The number of benzene rings is 1. The summed E-state index contributed by atoms with van der Waals surface area (Å²) in [6.07, 6.45) is 4.97. The maximum Gasteiger partial charge on any atom is 0.254 e. The number of hydrogen-bond acceptors (Lipinski definition) is 4. The number of carbonyl (C=O) groups is 1. The van der Waals surface area contributed by atoms with Crippen LogP contribution in [0.15, 0.2) is 35.1 Å². The monoisotopic (exact) mass is 455 g/mol. The van der Waals surface area contributed by atoms with Crippen LogP contribution in [0.5, 0.6) is 5.75 Å². The van der Waals surface area contributed by atoms with Gasteiger partial charge in [-0.1, -0.05) is 33.1 Å². The van der Waals surface area contributed by atoms with Gasteiger partial charge in [-0.25, -0.2) is 4.98 Å². The molecule has 6 nitrogen and oxygen atoms in total. The molecular formula is C27H41N3O3. The lowest BCUT2D eigenvalue weighted by Crippen LogP contribution is -2.42. The molecule has 0 aliphatic rings. The number of rotatable bonds is 11. The normalized spacial score (nSPS) is 12.5. The molecule has 0 bridgehead atoms. The van der Waals surface area contributed by atoms with E-state index in [0.717, 1.165) is 43.0 Å². The second-order valence-electron chi connectivity index (χ2n) is 9.74. The molecule has 1 atom stereocenters. The molecule has 0 aliphatic heterocycles. The Kier molecular flexibility index (Phi) is 9.69. The lowest BCUT2D eigenvalue weighted by molar-refractivity contribution is 0.0672. The van der Waals surface area contributed by atoms with Crippen molar-refractivity contribution in [3.8, 4) is 5.75 Å². The number of hydrogen-bond donors (Lipinski definition) is 0. The Morgan fingerprint density at radius 2 is 1.82 bits per heavy atom. The summed E-state index contributed by atoms with van der Waals surface area (Å²) in [6, 6.07) is 8.99. The fraction of sp³-hybridized carbons (Fsp3) is 0.593. The largest absolute Gasteiger partial charge is 0.488 e. The van der Waals surface area contributed by atoms with Crippen LogP contribution in [0.4, 0.5) is 0 Å². The molecule has 2 aromatic rings. The third-order valence-corrected chi connectivity index (χ3v) is 5.64. The van der Waals surface area contributed by atoms with Crippen LogP contribution < -0.4 is 10.3 Å². The molecule has 1 aromatic heterocycles. The van der Waals surface area contributed by atoms with Gasteiger partial charge in [0.15, 0.2) is 0 Å². The highest BCUT2D eigenvalue weighted by Gasteiger charge is 2.22. The fourth-order valence-electron chi connectivity index (χ4n) is 3.95. The minimum atomic E-state index is -0.294. The van der Waals surface area contributed by atoms with Gasteiger partial charge in [0.1, 0.15) is 17.2 Å². The maximum atomic E-state index is 13.5. The summed E-state index contributed by atoms with van der Waals surface area (Å²) in [5, 5.41) is 0. The van der Waals surface area contributed by atoms with Crippen LogP contribution in [-0.2, 0) is 13.0 Å². The van der Waals surface area contributed by atoms with Crippen LogP contribution in [0.25, 0.3) is 0 Å². The first kappa shape index (κ1) is 26.6. The Bertz CT molecular complexity index is 958. The molecule has 0 saturated carbocycles. The van der Waals surface area contributed by atoms with Crippen LogP contribution in [0.2, 0.25) is 0 Å². The number of amides is 1. The third-order valence-electron chi connectivity index (χ3n) is 5.64. The van der Waals surface area contributed by atoms with Gasteiger partial charge in [-0.3, -0.25) is 14.2 Å². The van der Waals surface area contributed by atoms with Crippen molar-refractivity contribution in [1.29, 1.82) is 0 Å². The number of aromatic nitrogens is 2. The van der Waals surface area contributed by atoms with Crippen LogP contribution in [-0.4, -0.2) is 38.5 Å². The number of ether oxygens (including phenoxy) is 1. The third kappa shape index (κ3) is 8.02. The van der Waals surface area contributed by atoms with Crippen molar-refractivity contribution in [3.05, 3.63) is 57.8 Å². The molecule has 0 saturated heterocycles. The molecule has 182 valence electrons. The summed E-state index contributed by atoms with van der Waals surface area (Å²) in [6.45, 7) is 15.0. The fourth-order valence-corrected chi connectivity index (χ4v) is 3.95. The molecule has 0 N–H and O–H groups in total. The van der Waals surface area contributed by atoms with Gasteiger partial charge < -0.3 is 9.64 Å². The van der Waals surface area contributed by atoms with Crippen LogP contribution in [0.3, 0.4) is 0 Å². The van der Waals surface area contributed by atoms with Crippen molar-refractivity contribution in [2.45, 2.75) is 98.8 Å². The van der Waals surface area contributed by atoms with E-state index in [4.69, 9.17) is 4.74 Å². The van der Waals surface area contributed by atoms with Gasteiger partial charge in [0.05, 0.1) is 0 Å². The first-order valence-corrected chi connectivity index (χ1v) is 12.2. The molecule has 1 aromatic carbocycles. The van der Waals surface area contributed by atoms with E-state index < -0.39 is 0 Å². The number of aryl methyl sites for hydroxylation is 2. The summed E-state index contributed by atoms with van der Waals surface area (Å²) in [4.78, 5) is 32.5. The quantitative estimate of drug-likeness (QED) is 0.425. The van der Waals surface area contributed by atoms with Crippen molar-refractivity contribution >= 4 is 5.91 Å². The van der Waals surface area contributed by atoms with Crippen molar-refractivity contribution in [3.63, 3.8) is 0 Å². The van der Waals surface area contributed by atoms with E-state index in [9.17, 15) is 9.59 Å². The van der Waals surface area contributed by atoms with Crippen molar-refractivity contribution in [2.24, 2.45) is 0 Å². The standard InChI is InChI=1S/C27H41N3O3/c1-8-10-11-12-21(4)29(17-18-30-24(9-2)28-20(3)19-25(30)31)26(32)22-13-15-23(16-14-22)33-27(5,6)7/h13-16,19,21H,8-12,17-18H2,1-7H3. The molecule has 6 heteroatoms. The summed E-state index contributed by atoms with van der Waals surface area (Å²) in [5.74, 6) is 1.48. The predicted octanol–water partition coefficient (Wildman–Crippen LogP) is 5.40. The molecule has 0 aliphatic carbocycles. The van der Waals surface area contributed by atoms with Crippen LogP contribution in [0.1, 0.15) is 89.1 Å². The second kappa shape index (κ2) is 12.0. The van der Waals surface area contributed by atoms with Gasteiger partial charge in [-0.2, -0.15) is 0 Å². The molecule has 1 unspecified atom stereocenters. The summed E-state index contributed by atoms with van der Waals surface area (Å²) < 4.78 is 7.59. The van der Waals surface area contributed by atoms with Crippen molar-refractivity contribution in [1.82, 2.24) is 14.5 Å². The van der Waals surface area contributed by atoms with E-state index in [0.29, 0.717) is 25.1 Å². The number of carbonyl (C=O) groups excluding carboxylic acids is 1. The Hall–Kier alpha value is -2.63. The lowest BCUT2D eigenvalue weighted by Gasteiger charge is -2.30. The highest BCUT2D eigenvalue weighted by atomic mass is 16.5. The molecule has 33 heavy (non-hydrogen) atoms. The summed E-state index contributed by atoms with van der Waals surface area (Å²) in [5.41, 5.74) is 1.00. The highest BCUT2D eigenvalue weighted by Crippen LogP contribution is 2.20. The smallest absolute Gasteiger partial charge is 0.254 e. The number of unbranched alkanes of at least 4 members (excludes halogenated alkanes) is 2. The van der Waals surface area contributed by atoms with E-state index in [1.807, 2.05) is 63.8 Å². The van der Waals surface area contributed by atoms with Gasteiger partial charge in [-0.05, 0) is 65.3 Å². The zero-order valence-electron chi connectivity index (χ0n) is 21.5.